The molecule has 0 aliphatic rings. The molecule has 0 saturated carbocycles. The van der Waals surface area contributed by atoms with E-state index in [1.165, 1.54) is 70.9 Å². The first-order valence-electron chi connectivity index (χ1n) is 13.4. The van der Waals surface area contributed by atoms with E-state index in [-0.39, 0.29) is 0 Å². The highest BCUT2D eigenvalue weighted by molar-refractivity contribution is 6.38. The first kappa shape index (κ1) is 22.1. The van der Waals surface area contributed by atoms with Crippen LogP contribution >= 0.6 is 0 Å². The van der Waals surface area contributed by atoms with E-state index < -0.39 is 0 Å². The van der Waals surface area contributed by atoms with Crippen molar-refractivity contribution < 1.29 is 0 Å². The zero-order chi connectivity index (χ0) is 25.9. The summed E-state index contributed by atoms with van der Waals surface area (Å²) in [6.07, 6.45) is 0. The van der Waals surface area contributed by atoms with Crippen molar-refractivity contribution in [2.45, 2.75) is 0 Å². The summed E-state index contributed by atoms with van der Waals surface area (Å²) in [6.45, 7) is 0. The van der Waals surface area contributed by atoms with Gasteiger partial charge in [-0.25, -0.2) is 0 Å². The fourth-order valence-electron chi connectivity index (χ4n) is 6.49. The van der Waals surface area contributed by atoms with Gasteiger partial charge < -0.3 is 0 Å². The molecular weight excluding hydrogens is 467 g/mol. The van der Waals surface area contributed by atoms with E-state index in [1.54, 1.807) is 0 Å². The highest BCUT2D eigenvalue weighted by Gasteiger charge is 2.22. The van der Waals surface area contributed by atoms with Crippen LogP contribution in [-0.2, 0) is 0 Å². The Morgan fingerprint density at radius 3 is 1.56 bits per heavy atom. The molecule has 0 aliphatic heterocycles. The smallest absolute Gasteiger partial charge is 0.0961 e. The number of benzene rings is 8. The van der Waals surface area contributed by atoms with Crippen LogP contribution in [0.1, 0.15) is 0 Å². The van der Waals surface area contributed by atoms with Gasteiger partial charge in [0.15, 0.2) is 0 Å². The summed E-state index contributed by atoms with van der Waals surface area (Å²) in [5, 5.41) is 10.4. The number of fused-ring (bicyclic) bond motifs is 3. The Morgan fingerprint density at radius 2 is 0.923 bits per heavy atom. The lowest BCUT2D eigenvalue weighted by atomic mass is 9.79. The predicted octanol–water partition coefficient (Wildman–Crippen LogP) is 9.53. The minimum atomic E-state index is 0.766. The maximum Gasteiger partial charge on any atom is 0.113 e. The molecule has 0 nitrogen and oxygen atoms in total. The van der Waals surface area contributed by atoms with Crippen LogP contribution in [-0.4, -0.2) is 7.85 Å². The molecule has 0 saturated heterocycles. The molecule has 8 aromatic rings. The van der Waals surface area contributed by atoms with Gasteiger partial charge in [0.25, 0.3) is 0 Å². The summed E-state index contributed by atoms with van der Waals surface area (Å²) in [4.78, 5) is 0. The van der Waals surface area contributed by atoms with Gasteiger partial charge in [0.1, 0.15) is 7.85 Å². The molecule has 0 aromatic heterocycles. The van der Waals surface area contributed by atoms with E-state index >= 15 is 0 Å². The second kappa shape index (κ2) is 8.58. The highest BCUT2D eigenvalue weighted by Crippen LogP contribution is 2.50. The van der Waals surface area contributed by atoms with Crippen LogP contribution in [0.4, 0.5) is 0 Å². The fourth-order valence-corrected chi connectivity index (χ4v) is 6.49. The summed E-state index contributed by atoms with van der Waals surface area (Å²) in [5.41, 5.74) is 7.98. The molecule has 0 fully saturated rings. The van der Waals surface area contributed by atoms with Gasteiger partial charge in [-0.05, 0) is 82.5 Å². The van der Waals surface area contributed by atoms with Crippen molar-refractivity contribution in [1.29, 1.82) is 0 Å². The van der Waals surface area contributed by atoms with Gasteiger partial charge in [-0.1, -0.05) is 139 Å². The summed E-state index contributed by atoms with van der Waals surface area (Å²) in [7, 11) is 6.35. The molecule has 0 atom stereocenters. The molecule has 2 radical (unpaired) electrons. The molecule has 0 spiro atoms. The van der Waals surface area contributed by atoms with Crippen molar-refractivity contribution >= 4 is 56.4 Å². The first-order valence-corrected chi connectivity index (χ1v) is 13.4. The number of rotatable bonds is 3. The Morgan fingerprint density at radius 1 is 0.359 bits per heavy atom. The summed E-state index contributed by atoms with van der Waals surface area (Å²) < 4.78 is 0. The lowest BCUT2D eigenvalue weighted by Crippen LogP contribution is -2.01. The van der Waals surface area contributed by atoms with Crippen LogP contribution in [0.25, 0.3) is 76.5 Å². The molecule has 0 amide bonds. The monoisotopic (exact) mass is 490 g/mol. The van der Waals surface area contributed by atoms with Gasteiger partial charge in [0.05, 0.1) is 0 Å². The van der Waals surface area contributed by atoms with Gasteiger partial charge in [-0.2, -0.15) is 0 Å². The molecule has 1 heteroatoms. The summed E-state index contributed by atoms with van der Waals surface area (Å²) >= 11 is 0. The van der Waals surface area contributed by atoms with Crippen molar-refractivity contribution in [2.75, 3.05) is 0 Å². The highest BCUT2D eigenvalue weighted by atomic mass is 14.2. The Balaban J connectivity index is 1.72. The van der Waals surface area contributed by atoms with Crippen molar-refractivity contribution in [3.63, 3.8) is 0 Å². The second-order valence-corrected chi connectivity index (χ2v) is 10.3. The summed E-state index contributed by atoms with van der Waals surface area (Å²) in [5.74, 6) is 0. The van der Waals surface area contributed by atoms with E-state index in [4.69, 9.17) is 7.85 Å². The average molecular weight is 490 g/mol. The van der Waals surface area contributed by atoms with Crippen molar-refractivity contribution in [3.8, 4) is 33.4 Å². The maximum absolute atomic E-state index is 6.35. The topological polar surface area (TPSA) is 0 Å². The minimum absolute atomic E-state index is 0.766. The fraction of sp³-hybridized carbons (Fsp3) is 0. The predicted molar refractivity (Wildman–Crippen MR) is 169 cm³/mol. The SMILES string of the molecule is [B]c1cccc(-c2cc(-c3ccccc3)c3c4cccc5ccc6cccc(c3c2-c2ccccc2)c6c54)c1. The molecule has 178 valence electrons. The van der Waals surface area contributed by atoms with E-state index in [2.05, 4.69) is 133 Å². The molecule has 8 aromatic carbocycles. The van der Waals surface area contributed by atoms with Crippen molar-refractivity contribution in [1.82, 2.24) is 0 Å². The van der Waals surface area contributed by atoms with E-state index in [0.717, 1.165) is 11.0 Å². The van der Waals surface area contributed by atoms with Gasteiger partial charge in [-0.3, -0.25) is 0 Å². The molecule has 0 heterocycles. The summed E-state index contributed by atoms with van der Waals surface area (Å²) in [6, 6.07) is 50.3. The number of hydrogen-bond donors (Lipinski definition) is 0. The van der Waals surface area contributed by atoms with Gasteiger partial charge in [0, 0.05) is 0 Å². The Hall–Kier alpha value is -4.88. The molecule has 8 rings (SSSR count). The Labute approximate surface area is 228 Å². The van der Waals surface area contributed by atoms with E-state index in [1.807, 2.05) is 6.07 Å². The van der Waals surface area contributed by atoms with Gasteiger partial charge in [0.2, 0.25) is 0 Å². The normalized spacial score (nSPS) is 11.7. The zero-order valence-corrected chi connectivity index (χ0v) is 21.4. The van der Waals surface area contributed by atoms with Crippen LogP contribution < -0.4 is 5.46 Å². The van der Waals surface area contributed by atoms with Crippen LogP contribution in [0.15, 0.2) is 140 Å². The molecule has 0 aliphatic carbocycles. The first-order chi connectivity index (χ1) is 19.3. The standard InChI is InChI=1S/C38H23B/c39-29-17-7-16-28(22-29)33-23-32(24-10-3-1-4-11-24)37-30-18-8-14-26-20-21-27-15-9-19-31(35(27)34(26)30)38(37)36(33)25-12-5-2-6-13-25/h1-23H. The molecule has 39 heavy (non-hydrogen) atoms. The van der Waals surface area contributed by atoms with Gasteiger partial charge >= 0.3 is 0 Å². The van der Waals surface area contributed by atoms with Crippen LogP contribution in [0.3, 0.4) is 0 Å². The van der Waals surface area contributed by atoms with Gasteiger partial charge in [-0.15, -0.1) is 0 Å². The Bertz CT molecular complexity index is 2160. The third-order valence-electron chi connectivity index (χ3n) is 8.10. The second-order valence-electron chi connectivity index (χ2n) is 10.3. The molecule has 0 N–H and O–H groups in total. The van der Waals surface area contributed by atoms with Crippen LogP contribution in [0, 0.1) is 0 Å². The largest absolute Gasteiger partial charge is 0.113 e. The van der Waals surface area contributed by atoms with Crippen molar-refractivity contribution in [3.05, 3.63) is 140 Å². The third-order valence-corrected chi connectivity index (χ3v) is 8.10. The van der Waals surface area contributed by atoms with E-state index in [9.17, 15) is 0 Å². The average Bonchev–Trinajstić information content (AvgIpc) is 3.00. The number of hydrogen-bond acceptors (Lipinski definition) is 0. The van der Waals surface area contributed by atoms with Crippen LogP contribution in [0.2, 0.25) is 0 Å². The zero-order valence-electron chi connectivity index (χ0n) is 21.4. The van der Waals surface area contributed by atoms with E-state index in [0.29, 0.717) is 0 Å². The lowest BCUT2D eigenvalue weighted by molar-refractivity contribution is 1.61. The lowest BCUT2D eigenvalue weighted by Gasteiger charge is -2.23. The maximum atomic E-state index is 6.35. The molecular formula is C38H23B. The van der Waals surface area contributed by atoms with Crippen LogP contribution in [0.5, 0.6) is 0 Å². The quantitative estimate of drug-likeness (QED) is 0.131. The Kier molecular flexibility index (Phi) is 4.87. The molecule has 0 unspecified atom stereocenters. The molecule has 0 bridgehead atoms. The van der Waals surface area contributed by atoms with Crippen molar-refractivity contribution in [2.24, 2.45) is 0 Å². The minimum Gasteiger partial charge on any atom is -0.0961 e. The third kappa shape index (κ3) is 3.33.